The standard InChI is InChI=1S/C16H27NO3/c1-5-19-14-7-6-8-15(11-14)20-10-9-16(4,12-18)17-13(2)3/h6-8,11,13,17-18H,5,9-10,12H2,1-4H3. The Labute approximate surface area is 122 Å². The second-order valence-corrected chi connectivity index (χ2v) is 5.52. The van der Waals surface area contributed by atoms with Gasteiger partial charge in [0.1, 0.15) is 11.5 Å². The van der Waals surface area contributed by atoms with Crippen LogP contribution in [0.25, 0.3) is 0 Å². The summed E-state index contributed by atoms with van der Waals surface area (Å²) in [5, 5.41) is 12.9. The minimum atomic E-state index is -0.314. The van der Waals surface area contributed by atoms with Crippen molar-refractivity contribution in [2.75, 3.05) is 19.8 Å². The fourth-order valence-corrected chi connectivity index (χ4v) is 2.11. The van der Waals surface area contributed by atoms with Crippen LogP contribution < -0.4 is 14.8 Å². The highest BCUT2D eigenvalue weighted by molar-refractivity contribution is 5.32. The predicted molar refractivity (Wildman–Crippen MR) is 81.5 cm³/mol. The van der Waals surface area contributed by atoms with E-state index in [1.165, 1.54) is 0 Å². The van der Waals surface area contributed by atoms with Crippen molar-refractivity contribution >= 4 is 0 Å². The molecule has 1 aromatic rings. The van der Waals surface area contributed by atoms with E-state index in [1.807, 2.05) is 38.1 Å². The third kappa shape index (κ3) is 5.80. The number of ether oxygens (including phenoxy) is 2. The van der Waals surface area contributed by atoms with E-state index >= 15 is 0 Å². The van der Waals surface area contributed by atoms with Crippen molar-refractivity contribution in [1.29, 1.82) is 0 Å². The monoisotopic (exact) mass is 281 g/mol. The number of hydrogen-bond acceptors (Lipinski definition) is 4. The average molecular weight is 281 g/mol. The molecule has 0 fully saturated rings. The van der Waals surface area contributed by atoms with E-state index in [2.05, 4.69) is 19.2 Å². The van der Waals surface area contributed by atoms with Crippen molar-refractivity contribution < 1.29 is 14.6 Å². The van der Waals surface area contributed by atoms with Gasteiger partial charge in [-0.15, -0.1) is 0 Å². The van der Waals surface area contributed by atoms with Crippen LogP contribution in [0, 0.1) is 0 Å². The van der Waals surface area contributed by atoms with Gasteiger partial charge in [-0.1, -0.05) is 19.9 Å². The van der Waals surface area contributed by atoms with Gasteiger partial charge in [0.05, 0.1) is 19.8 Å². The molecule has 1 aromatic carbocycles. The largest absolute Gasteiger partial charge is 0.494 e. The van der Waals surface area contributed by atoms with E-state index in [0.717, 1.165) is 17.9 Å². The van der Waals surface area contributed by atoms with Crippen molar-refractivity contribution in [1.82, 2.24) is 5.32 Å². The lowest BCUT2D eigenvalue weighted by molar-refractivity contribution is 0.136. The maximum Gasteiger partial charge on any atom is 0.122 e. The Balaban J connectivity index is 2.48. The number of nitrogens with one attached hydrogen (secondary N) is 1. The number of benzene rings is 1. The van der Waals surface area contributed by atoms with Gasteiger partial charge in [-0.05, 0) is 26.0 Å². The summed E-state index contributed by atoms with van der Waals surface area (Å²) in [5.74, 6) is 1.61. The van der Waals surface area contributed by atoms with Crippen molar-refractivity contribution in [2.45, 2.75) is 45.7 Å². The van der Waals surface area contributed by atoms with E-state index in [9.17, 15) is 5.11 Å². The molecular weight excluding hydrogens is 254 g/mol. The van der Waals surface area contributed by atoms with Gasteiger partial charge < -0.3 is 19.9 Å². The summed E-state index contributed by atoms with van der Waals surface area (Å²) in [5.41, 5.74) is -0.314. The quantitative estimate of drug-likeness (QED) is 0.730. The van der Waals surface area contributed by atoms with Gasteiger partial charge in [-0.2, -0.15) is 0 Å². The summed E-state index contributed by atoms with van der Waals surface area (Å²) in [6, 6.07) is 7.95. The molecule has 0 saturated carbocycles. The Morgan fingerprint density at radius 1 is 1.25 bits per heavy atom. The van der Waals surface area contributed by atoms with Gasteiger partial charge in [0, 0.05) is 24.1 Å². The molecule has 0 aliphatic carbocycles. The van der Waals surface area contributed by atoms with Crippen LogP contribution in [0.1, 0.15) is 34.1 Å². The molecular formula is C16H27NO3. The molecule has 0 aliphatic heterocycles. The van der Waals surface area contributed by atoms with E-state index in [0.29, 0.717) is 19.3 Å². The van der Waals surface area contributed by atoms with Crippen LogP contribution in [0.15, 0.2) is 24.3 Å². The van der Waals surface area contributed by atoms with Crippen LogP contribution in [-0.2, 0) is 0 Å². The molecule has 114 valence electrons. The Kier molecular flexibility index (Phi) is 6.82. The second kappa shape index (κ2) is 8.12. The minimum Gasteiger partial charge on any atom is -0.494 e. The second-order valence-electron chi connectivity index (χ2n) is 5.52. The molecule has 0 bridgehead atoms. The average Bonchev–Trinajstić information content (AvgIpc) is 2.39. The molecule has 2 N–H and O–H groups in total. The van der Waals surface area contributed by atoms with Gasteiger partial charge in [0.15, 0.2) is 0 Å². The Hall–Kier alpha value is -1.26. The third-order valence-corrected chi connectivity index (χ3v) is 3.03. The van der Waals surface area contributed by atoms with Crippen molar-refractivity contribution in [3.05, 3.63) is 24.3 Å². The van der Waals surface area contributed by atoms with Crippen LogP contribution >= 0.6 is 0 Å². The van der Waals surface area contributed by atoms with E-state index in [1.54, 1.807) is 0 Å². The van der Waals surface area contributed by atoms with Crippen LogP contribution in [0.3, 0.4) is 0 Å². The zero-order valence-electron chi connectivity index (χ0n) is 13.0. The molecule has 0 heterocycles. The molecule has 1 rings (SSSR count). The molecule has 0 radical (unpaired) electrons. The first-order valence-corrected chi connectivity index (χ1v) is 7.23. The highest BCUT2D eigenvalue weighted by Gasteiger charge is 2.23. The maximum absolute atomic E-state index is 9.51. The maximum atomic E-state index is 9.51. The zero-order chi connectivity index (χ0) is 15.0. The number of hydrogen-bond donors (Lipinski definition) is 2. The lowest BCUT2D eigenvalue weighted by Gasteiger charge is -2.31. The molecule has 1 unspecified atom stereocenters. The van der Waals surface area contributed by atoms with Gasteiger partial charge in [0.2, 0.25) is 0 Å². The van der Waals surface area contributed by atoms with Crippen LogP contribution in [0.5, 0.6) is 11.5 Å². The van der Waals surface area contributed by atoms with Crippen molar-refractivity contribution in [2.24, 2.45) is 0 Å². The first-order chi connectivity index (χ1) is 9.49. The lowest BCUT2D eigenvalue weighted by Crippen LogP contribution is -2.49. The molecule has 4 nitrogen and oxygen atoms in total. The van der Waals surface area contributed by atoms with Gasteiger partial charge in [-0.25, -0.2) is 0 Å². The highest BCUT2D eigenvalue weighted by Crippen LogP contribution is 2.20. The number of rotatable bonds is 9. The van der Waals surface area contributed by atoms with Crippen molar-refractivity contribution in [3.8, 4) is 11.5 Å². The SMILES string of the molecule is CCOc1cccc(OCCC(C)(CO)NC(C)C)c1. The van der Waals surface area contributed by atoms with Gasteiger partial charge in [-0.3, -0.25) is 0 Å². The summed E-state index contributed by atoms with van der Waals surface area (Å²) < 4.78 is 11.2. The summed E-state index contributed by atoms with van der Waals surface area (Å²) in [7, 11) is 0. The van der Waals surface area contributed by atoms with E-state index in [-0.39, 0.29) is 12.1 Å². The highest BCUT2D eigenvalue weighted by atomic mass is 16.5. The van der Waals surface area contributed by atoms with Gasteiger partial charge >= 0.3 is 0 Å². The summed E-state index contributed by atoms with van der Waals surface area (Å²) >= 11 is 0. The molecule has 0 aliphatic rings. The smallest absolute Gasteiger partial charge is 0.122 e. The summed E-state index contributed by atoms with van der Waals surface area (Å²) in [6.07, 6.45) is 0.737. The Morgan fingerprint density at radius 2 is 1.90 bits per heavy atom. The molecule has 0 aromatic heterocycles. The lowest BCUT2D eigenvalue weighted by atomic mass is 9.98. The molecule has 0 amide bonds. The number of aliphatic hydroxyl groups is 1. The number of aliphatic hydroxyl groups excluding tert-OH is 1. The third-order valence-electron chi connectivity index (χ3n) is 3.03. The van der Waals surface area contributed by atoms with Crippen molar-refractivity contribution in [3.63, 3.8) is 0 Å². The molecule has 1 atom stereocenters. The van der Waals surface area contributed by atoms with E-state index in [4.69, 9.17) is 9.47 Å². The normalized spacial score (nSPS) is 14.1. The first-order valence-electron chi connectivity index (χ1n) is 7.23. The summed E-state index contributed by atoms with van der Waals surface area (Å²) in [6.45, 7) is 9.38. The molecule has 4 heteroatoms. The fourth-order valence-electron chi connectivity index (χ4n) is 2.11. The predicted octanol–water partition coefficient (Wildman–Crippen LogP) is 2.60. The fraction of sp³-hybridized carbons (Fsp3) is 0.625. The molecule has 20 heavy (non-hydrogen) atoms. The molecule has 0 spiro atoms. The first kappa shape index (κ1) is 16.8. The van der Waals surface area contributed by atoms with Crippen LogP contribution in [-0.4, -0.2) is 36.5 Å². The van der Waals surface area contributed by atoms with Gasteiger partial charge in [0.25, 0.3) is 0 Å². The zero-order valence-corrected chi connectivity index (χ0v) is 13.0. The van der Waals surface area contributed by atoms with Crippen LogP contribution in [0.4, 0.5) is 0 Å². The topological polar surface area (TPSA) is 50.7 Å². The van der Waals surface area contributed by atoms with Crippen LogP contribution in [0.2, 0.25) is 0 Å². The Bertz CT molecular complexity index is 395. The van der Waals surface area contributed by atoms with E-state index < -0.39 is 0 Å². The molecule has 0 saturated heterocycles. The minimum absolute atomic E-state index is 0.0908. The Morgan fingerprint density at radius 3 is 2.45 bits per heavy atom. The summed E-state index contributed by atoms with van der Waals surface area (Å²) in [4.78, 5) is 0.